The molecular formula is C26H50O6. The van der Waals surface area contributed by atoms with E-state index in [1.54, 1.807) is 0 Å². The number of aliphatic hydroxyl groups is 4. The van der Waals surface area contributed by atoms with Crippen LogP contribution in [-0.2, 0) is 9.47 Å². The molecule has 0 aromatic heterocycles. The van der Waals surface area contributed by atoms with Crippen LogP contribution in [-0.4, -0.2) is 63.8 Å². The van der Waals surface area contributed by atoms with Gasteiger partial charge >= 0.3 is 0 Å². The lowest BCUT2D eigenvalue weighted by molar-refractivity contribution is -0.312. The van der Waals surface area contributed by atoms with E-state index in [9.17, 15) is 20.4 Å². The lowest BCUT2D eigenvalue weighted by Crippen LogP contribution is -2.59. The van der Waals surface area contributed by atoms with Gasteiger partial charge in [-0.1, -0.05) is 90.2 Å². The fourth-order valence-electron chi connectivity index (χ4n) is 4.19. The Bertz CT molecular complexity index is 456. The summed E-state index contributed by atoms with van der Waals surface area (Å²) in [6.45, 7) is 4.00. The number of ether oxygens (including phenoxy) is 2. The van der Waals surface area contributed by atoms with Gasteiger partial charge in [-0.05, 0) is 32.1 Å². The SMILES string of the molecule is CCCCCCCCC=CCCC(CCCCCCC)OC1O[C@H](CO)[C@@H](O)[C@H](O)[C@H]1O. The zero-order valence-electron chi connectivity index (χ0n) is 20.5. The molecule has 0 aliphatic carbocycles. The molecule has 1 aliphatic heterocycles. The Morgan fingerprint density at radius 2 is 1.31 bits per heavy atom. The van der Waals surface area contributed by atoms with Crippen LogP contribution >= 0.6 is 0 Å². The number of hydrogen-bond donors (Lipinski definition) is 4. The Hall–Kier alpha value is -0.500. The summed E-state index contributed by atoms with van der Waals surface area (Å²) in [6, 6.07) is 0. The van der Waals surface area contributed by atoms with Crippen LogP contribution in [0.15, 0.2) is 12.2 Å². The van der Waals surface area contributed by atoms with E-state index < -0.39 is 37.3 Å². The van der Waals surface area contributed by atoms with E-state index in [2.05, 4.69) is 26.0 Å². The first kappa shape index (κ1) is 29.5. The van der Waals surface area contributed by atoms with E-state index in [0.717, 1.165) is 38.5 Å². The molecule has 0 aromatic rings. The van der Waals surface area contributed by atoms with Crippen LogP contribution in [0.5, 0.6) is 0 Å². The molecule has 6 heteroatoms. The number of allylic oxidation sites excluding steroid dienone is 2. The van der Waals surface area contributed by atoms with Gasteiger partial charge in [0.1, 0.15) is 24.4 Å². The highest BCUT2D eigenvalue weighted by Crippen LogP contribution is 2.25. The zero-order valence-corrected chi connectivity index (χ0v) is 20.5. The third-order valence-electron chi connectivity index (χ3n) is 6.35. The van der Waals surface area contributed by atoms with Crippen LogP contribution in [0.4, 0.5) is 0 Å². The molecule has 2 unspecified atom stereocenters. The van der Waals surface area contributed by atoms with Crippen molar-refractivity contribution in [2.45, 2.75) is 147 Å². The third kappa shape index (κ3) is 12.1. The summed E-state index contributed by atoms with van der Waals surface area (Å²) in [6.07, 6.45) is 15.7. The smallest absolute Gasteiger partial charge is 0.186 e. The molecular weight excluding hydrogens is 408 g/mol. The molecule has 1 aliphatic rings. The van der Waals surface area contributed by atoms with Gasteiger partial charge in [0.15, 0.2) is 6.29 Å². The van der Waals surface area contributed by atoms with Crippen LogP contribution in [0.3, 0.4) is 0 Å². The number of hydrogen-bond acceptors (Lipinski definition) is 6. The van der Waals surface area contributed by atoms with Crippen molar-refractivity contribution in [1.82, 2.24) is 0 Å². The Kier molecular flexibility index (Phi) is 17.4. The van der Waals surface area contributed by atoms with Gasteiger partial charge in [-0.25, -0.2) is 0 Å². The molecule has 1 rings (SSSR count). The van der Waals surface area contributed by atoms with E-state index in [1.165, 1.54) is 57.8 Å². The predicted molar refractivity (Wildman–Crippen MR) is 128 cm³/mol. The number of aliphatic hydroxyl groups excluding tert-OH is 4. The van der Waals surface area contributed by atoms with Crippen molar-refractivity contribution in [2.24, 2.45) is 0 Å². The van der Waals surface area contributed by atoms with Crippen LogP contribution in [0.25, 0.3) is 0 Å². The highest BCUT2D eigenvalue weighted by atomic mass is 16.7. The molecule has 32 heavy (non-hydrogen) atoms. The predicted octanol–water partition coefficient (Wildman–Crippen LogP) is 4.62. The first-order valence-corrected chi connectivity index (χ1v) is 13.2. The highest BCUT2D eigenvalue weighted by Gasteiger charge is 2.44. The molecule has 1 fully saturated rings. The maximum absolute atomic E-state index is 10.3. The van der Waals surface area contributed by atoms with E-state index in [0.29, 0.717) is 0 Å². The average molecular weight is 459 g/mol. The summed E-state index contributed by atoms with van der Waals surface area (Å²) in [7, 11) is 0. The summed E-state index contributed by atoms with van der Waals surface area (Å²) in [5.41, 5.74) is 0. The van der Waals surface area contributed by atoms with Gasteiger partial charge in [0.25, 0.3) is 0 Å². The summed E-state index contributed by atoms with van der Waals surface area (Å²) in [4.78, 5) is 0. The van der Waals surface area contributed by atoms with Crippen LogP contribution in [0, 0.1) is 0 Å². The monoisotopic (exact) mass is 458 g/mol. The van der Waals surface area contributed by atoms with Gasteiger partial charge in [0.05, 0.1) is 12.7 Å². The van der Waals surface area contributed by atoms with Gasteiger partial charge in [-0.2, -0.15) is 0 Å². The molecule has 6 nitrogen and oxygen atoms in total. The van der Waals surface area contributed by atoms with Gasteiger partial charge in [-0.3, -0.25) is 0 Å². The maximum atomic E-state index is 10.3. The van der Waals surface area contributed by atoms with E-state index in [1.807, 2.05) is 0 Å². The first-order chi connectivity index (χ1) is 15.5. The first-order valence-electron chi connectivity index (χ1n) is 13.2. The second kappa shape index (κ2) is 18.9. The molecule has 0 spiro atoms. The second-order valence-corrected chi connectivity index (χ2v) is 9.26. The Morgan fingerprint density at radius 1 is 0.719 bits per heavy atom. The molecule has 4 N–H and O–H groups in total. The summed E-state index contributed by atoms with van der Waals surface area (Å²) in [5, 5.41) is 39.7. The normalized spacial score (nSPS) is 27.2. The number of unbranched alkanes of at least 4 members (excludes halogenated alkanes) is 10. The van der Waals surface area contributed by atoms with Crippen molar-refractivity contribution in [3.05, 3.63) is 12.2 Å². The average Bonchev–Trinajstić information content (AvgIpc) is 2.80. The fourth-order valence-corrected chi connectivity index (χ4v) is 4.19. The minimum absolute atomic E-state index is 0.100. The lowest BCUT2D eigenvalue weighted by atomic mass is 9.99. The van der Waals surface area contributed by atoms with Crippen molar-refractivity contribution >= 4 is 0 Å². The largest absolute Gasteiger partial charge is 0.394 e. The Balaban J connectivity index is 2.45. The topological polar surface area (TPSA) is 99.4 Å². The minimum atomic E-state index is -1.40. The Morgan fingerprint density at radius 3 is 1.97 bits per heavy atom. The molecule has 0 saturated carbocycles. The molecule has 0 radical (unpaired) electrons. The quantitative estimate of drug-likeness (QED) is 0.166. The molecule has 1 saturated heterocycles. The van der Waals surface area contributed by atoms with E-state index in [4.69, 9.17) is 9.47 Å². The van der Waals surface area contributed by atoms with Crippen molar-refractivity contribution in [3.8, 4) is 0 Å². The number of rotatable bonds is 19. The lowest BCUT2D eigenvalue weighted by Gasteiger charge is -2.41. The van der Waals surface area contributed by atoms with E-state index >= 15 is 0 Å². The summed E-state index contributed by atoms with van der Waals surface area (Å²) in [5.74, 6) is 0. The zero-order chi connectivity index (χ0) is 23.6. The minimum Gasteiger partial charge on any atom is -0.394 e. The summed E-state index contributed by atoms with van der Waals surface area (Å²) < 4.78 is 11.6. The van der Waals surface area contributed by atoms with Crippen molar-refractivity contribution in [3.63, 3.8) is 0 Å². The second-order valence-electron chi connectivity index (χ2n) is 9.26. The standard InChI is InChI=1S/C26H50O6/c1-3-5-7-9-10-11-12-13-15-17-19-21(18-16-14-8-6-4-2)31-26-25(30)24(29)23(28)22(20-27)32-26/h13,15,21-30H,3-12,14,16-20H2,1-2H3/t21?,22-,23-,24+,25-,26?/m1/s1. The third-order valence-corrected chi connectivity index (χ3v) is 6.35. The van der Waals surface area contributed by atoms with E-state index in [-0.39, 0.29) is 6.10 Å². The molecule has 190 valence electrons. The molecule has 1 heterocycles. The highest BCUT2D eigenvalue weighted by molar-refractivity contribution is 4.89. The maximum Gasteiger partial charge on any atom is 0.186 e. The van der Waals surface area contributed by atoms with Gasteiger partial charge in [-0.15, -0.1) is 0 Å². The van der Waals surface area contributed by atoms with Crippen molar-refractivity contribution in [2.75, 3.05) is 6.61 Å². The Labute approximate surface area is 196 Å². The van der Waals surface area contributed by atoms with Gasteiger partial charge in [0, 0.05) is 0 Å². The van der Waals surface area contributed by atoms with Gasteiger partial charge in [0.2, 0.25) is 0 Å². The fraction of sp³-hybridized carbons (Fsp3) is 0.923. The summed E-state index contributed by atoms with van der Waals surface area (Å²) >= 11 is 0. The van der Waals surface area contributed by atoms with Crippen molar-refractivity contribution in [1.29, 1.82) is 0 Å². The van der Waals surface area contributed by atoms with Crippen molar-refractivity contribution < 1.29 is 29.9 Å². The van der Waals surface area contributed by atoms with Crippen LogP contribution in [0.2, 0.25) is 0 Å². The molecule has 0 bridgehead atoms. The van der Waals surface area contributed by atoms with Crippen LogP contribution < -0.4 is 0 Å². The van der Waals surface area contributed by atoms with Crippen LogP contribution in [0.1, 0.15) is 110 Å². The molecule has 0 amide bonds. The van der Waals surface area contributed by atoms with Gasteiger partial charge < -0.3 is 29.9 Å². The molecule has 6 atom stereocenters. The molecule has 0 aromatic carbocycles.